The average Bonchev–Trinajstić information content (AvgIpc) is 2.32. The van der Waals surface area contributed by atoms with E-state index in [0.717, 1.165) is 4.90 Å². The van der Waals surface area contributed by atoms with E-state index < -0.39 is 0 Å². The molecule has 4 N–H and O–H groups in total. The van der Waals surface area contributed by atoms with Crippen molar-refractivity contribution in [2.45, 2.75) is 9.79 Å². The average molecular weight is 248 g/mol. The maximum absolute atomic E-state index is 5.74. The van der Waals surface area contributed by atoms with E-state index in [0.29, 0.717) is 11.4 Å². The Labute approximate surface area is 103 Å². The van der Waals surface area contributed by atoms with E-state index >= 15 is 0 Å². The van der Waals surface area contributed by atoms with E-state index in [1.54, 1.807) is 21.6 Å². The number of nitrogens with two attached hydrogens (primary N) is 2. The SMILES string of the molecule is Nc1ccc(SSc2ccccc2)cc1N. The summed E-state index contributed by atoms with van der Waals surface area (Å²) in [5.41, 5.74) is 12.7. The number of rotatable bonds is 3. The molecule has 2 aromatic rings. The van der Waals surface area contributed by atoms with Gasteiger partial charge in [-0.15, -0.1) is 0 Å². The van der Waals surface area contributed by atoms with Gasteiger partial charge in [0.15, 0.2) is 0 Å². The highest BCUT2D eigenvalue weighted by molar-refractivity contribution is 8.76. The fourth-order valence-corrected chi connectivity index (χ4v) is 3.16. The molecule has 2 rings (SSSR count). The predicted molar refractivity (Wildman–Crippen MR) is 73.4 cm³/mol. The number of nitrogen functional groups attached to an aromatic ring is 2. The number of benzene rings is 2. The maximum atomic E-state index is 5.74. The second-order valence-corrected chi connectivity index (χ2v) is 5.55. The largest absolute Gasteiger partial charge is 0.397 e. The smallest absolute Gasteiger partial charge is 0.0559 e. The molecule has 0 fully saturated rings. The molecular formula is C12H12N2S2. The van der Waals surface area contributed by atoms with E-state index in [4.69, 9.17) is 11.5 Å². The number of hydrogen-bond donors (Lipinski definition) is 2. The van der Waals surface area contributed by atoms with Gasteiger partial charge < -0.3 is 11.5 Å². The second-order valence-electron chi connectivity index (χ2n) is 3.27. The van der Waals surface area contributed by atoms with Crippen LogP contribution in [0.2, 0.25) is 0 Å². The van der Waals surface area contributed by atoms with Crippen molar-refractivity contribution in [2.24, 2.45) is 0 Å². The van der Waals surface area contributed by atoms with Crippen LogP contribution in [0.5, 0.6) is 0 Å². The van der Waals surface area contributed by atoms with Crippen LogP contribution in [0, 0.1) is 0 Å². The summed E-state index contributed by atoms with van der Waals surface area (Å²) in [6.07, 6.45) is 0. The zero-order chi connectivity index (χ0) is 11.4. The first-order chi connectivity index (χ1) is 7.75. The lowest BCUT2D eigenvalue weighted by molar-refractivity contribution is 1.47. The lowest BCUT2D eigenvalue weighted by Crippen LogP contribution is -1.93. The monoisotopic (exact) mass is 248 g/mol. The lowest BCUT2D eigenvalue weighted by atomic mass is 10.3. The molecule has 0 aromatic heterocycles. The molecular weight excluding hydrogens is 236 g/mol. The minimum absolute atomic E-state index is 0.633. The third-order valence-corrected chi connectivity index (χ3v) is 4.43. The van der Waals surface area contributed by atoms with Crippen LogP contribution in [0.25, 0.3) is 0 Å². The summed E-state index contributed by atoms with van der Waals surface area (Å²) >= 11 is 0. The Bertz CT molecular complexity index is 472. The molecule has 0 radical (unpaired) electrons. The van der Waals surface area contributed by atoms with Crippen LogP contribution in [0.4, 0.5) is 11.4 Å². The first-order valence-corrected chi connectivity index (χ1v) is 6.95. The lowest BCUT2D eigenvalue weighted by Gasteiger charge is -2.04. The van der Waals surface area contributed by atoms with Crippen molar-refractivity contribution in [3.63, 3.8) is 0 Å². The fourth-order valence-electron chi connectivity index (χ4n) is 1.18. The van der Waals surface area contributed by atoms with E-state index in [1.807, 2.05) is 36.4 Å². The van der Waals surface area contributed by atoms with Gasteiger partial charge in [-0.2, -0.15) is 0 Å². The van der Waals surface area contributed by atoms with Crippen LogP contribution in [-0.4, -0.2) is 0 Å². The Morgan fingerprint density at radius 2 is 1.38 bits per heavy atom. The zero-order valence-corrected chi connectivity index (χ0v) is 10.2. The van der Waals surface area contributed by atoms with Gasteiger partial charge in [-0.1, -0.05) is 39.8 Å². The van der Waals surface area contributed by atoms with E-state index in [2.05, 4.69) is 12.1 Å². The highest BCUT2D eigenvalue weighted by Crippen LogP contribution is 2.38. The highest BCUT2D eigenvalue weighted by Gasteiger charge is 1.99. The number of anilines is 2. The summed E-state index contributed by atoms with van der Waals surface area (Å²) < 4.78 is 0. The minimum Gasteiger partial charge on any atom is -0.397 e. The van der Waals surface area contributed by atoms with Gasteiger partial charge in [0.05, 0.1) is 11.4 Å². The standard InChI is InChI=1S/C12H12N2S2/c13-11-7-6-10(8-12(11)14)16-15-9-4-2-1-3-5-9/h1-8H,13-14H2. The molecule has 0 bridgehead atoms. The molecule has 0 unspecified atom stereocenters. The molecule has 0 aliphatic carbocycles. The molecule has 0 spiro atoms. The molecule has 4 heteroatoms. The molecule has 16 heavy (non-hydrogen) atoms. The van der Waals surface area contributed by atoms with Crippen molar-refractivity contribution in [1.82, 2.24) is 0 Å². The second kappa shape index (κ2) is 5.18. The van der Waals surface area contributed by atoms with Gasteiger partial charge in [0.2, 0.25) is 0 Å². The summed E-state index contributed by atoms with van der Waals surface area (Å²) in [6.45, 7) is 0. The van der Waals surface area contributed by atoms with Crippen molar-refractivity contribution < 1.29 is 0 Å². The van der Waals surface area contributed by atoms with Crippen molar-refractivity contribution >= 4 is 33.0 Å². The van der Waals surface area contributed by atoms with E-state index in [9.17, 15) is 0 Å². The Balaban J connectivity index is 2.03. The third-order valence-electron chi connectivity index (χ3n) is 2.04. The van der Waals surface area contributed by atoms with Gasteiger partial charge in [0.1, 0.15) is 0 Å². The van der Waals surface area contributed by atoms with Crippen LogP contribution in [0.1, 0.15) is 0 Å². The zero-order valence-electron chi connectivity index (χ0n) is 8.59. The molecule has 0 aliphatic rings. The molecule has 82 valence electrons. The first kappa shape index (κ1) is 11.2. The van der Waals surface area contributed by atoms with Crippen molar-refractivity contribution in [3.8, 4) is 0 Å². The first-order valence-electron chi connectivity index (χ1n) is 4.80. The summed E-state index contributed by atoms with van der Waals surface area (Å²) in [7, 11) is 3.39. The molecule has 0 amide bonds. The summed E-state index contributed by atoms with van der Waals surface area (Å²) in [4.78, 5) is 2.34. The Morgan fingerprint density at radius 3 is 2.06 bits per heavy atom. The Morgan fingerprint density at radius 1 is 0.688 bits per heavy atom. The fraction of sp³-hybridized carbons (Fsp3) is 0. The Hall–Kier alpha value is -1.26. The van der Waals surface area contributed by atoms with Crippen molar-refractivity contribution in [1.29, 1.82) is 0 Å². The topological polar surface area (TPSA) is 52.0 Å². The predicted octanol–water partition coefficient (Wildman–Crippen LogP) is 3.65. The van der Waals surface area contributed by atoms with Gasteiger partial charge in [-0.25, -0.2) is 0 Å². The summed E-state index contributed by atoms with van der Waals surface area (Å²) in [6, 6.07) is 15.9. The van der Waals surface area contributed by atoms with Gasteiger partial charge in [0.25, 0.3) is 0 Å². The number of hydrogen-bond acceptors (Lipinski definition) is 4. The molecule has 0 heterocycles. The molecule has 0 saturated carbocycles. The van der Waals surface area contributed by atoms with Gasteiger partial charge in [0, 0.05) is 9.79 Å². The normalized spacial score (nSPS) is 10.2. The van der Waals surface area contributed by atoms with Crippen molar-refractivity contribution in [2.75, 3.05) is 11.5 Å². The van der Waals surface area contributed by atoms with E-state index in [1.165, 1.54) is 4.90 Å². The van der Waals surface area contributed by atoms with Gasteiger partial charge in [-0.3, -0.25) is 0 Å². The molecule has 0 atom stereocenters. The van der Waals surface area contributed by atoms with Gasteiger partial charge in [-0.05, 0) is 30.3 Å². The van der Waals surface area contributed by atoms with Crippen LogP contribution >= 0.6 is 21.6 Å². The Kier molecular flexibility index (Phi) is 3.64. The van der Waals surface area contributed by atoms with Crippen LogP contribution < -0.4 is 11.5 Å². The minimum atomic E-state index is 0.633. The molecule has 0 aliphatic heterocycles. The molecule has 2 aromatic carbocycles. The third kappa shape index (κ3) is 2.87. The van der Waals surface area contributed by atoms with Gasteiger partial charge >= 0.3 is 0 Å². The molecule has 2 nitrogen and oxygen atoms in total. The summed E-state index contributed by atoms with van der Waals surface area (Å²) in [5.74, 6) is 0. The van der Waals surface area contributed by atoms with Crippen molar-refractivity contribution in [3.05, 3.63) is 48.5 Å². The van der Waals surface area contributed by atoms with E-state index in [-0.39, 0.29) is 0 Å². The van der Waals surface area contributed by atoms with Crippen LogP contribution in [-0.2, 0) is 0 Å². The molecule has 0 saturated heterocycles. The van der Waals surface area contributed by atoms with Crippen LogP contribution in [0.3, 0.4) is 0 Å². The van der Waals surface area contributed by atoms with Crippen LogP contribution in [0.15, 0.2) is 58.3 Å². The quantitative estimate of drug-likeness (QED) is 0.643. The maximum Gasteiger partial charge on any atom is 0.0559 e. The summed E-state index contributed by atoms with van der Waals surface area (Å²) in [5, 5.41) is 0. The highest BCUT2D eigenvalue weighted by atomic mass is 33.1.